The second kappa shape index (κ2) is 6.91. The van der Waals surface area contributed by atoms with Crippen molar-refractivity contribution in [1.82, 2.24) is 0 Å². The van der Waals surface area contributed by atoms with Gasteiger partial charge in [-0.3, -0.25) is 4.79 Å². The van der Waals surface area contributed by atoms with Gasteiger partial charge in [0.25, 0.3) is 5.91 Å². The molecule has 128 valence electrons. The molecule has 0 aromatic heterocycles. The van der Waals surface area contributed by atoms with Crippen molar-refractivity contribution in [3.8, 4) is 17.2 Å². The van der Waals surface area contributed by atoms with E-state index in [0.717, 1.165) is 10.8 Å². The Morgan fingerprint density at radius 3 is 2.36 bits per heavy atom. The minimum Gasteiger partial charge on any atom is -0.507 e. The number of hydrogen-bond acceptors (Lipinski definition) is 4. The predicted octanol–water partition coefficient (Wildman–Crippen LogP) is 4.47. The average Bonchev–Trinajstić information content (AvgIpc) is 2.61. The molecule has 3 aromatic carbocycles. The normalized spacial score (nSPS) is 10.5. The van der Waals surface area contributed by atoms with Crippen LogP contribution in [-0.2, 0) is 0 Å². The van der Waals surface area contributed by atoms with Crippen LogP contribution in [0.25, 0.3) is 10.8 Å². The van der Waals surface area contributed by atoms with Gasteiger partial charge in [0.15, 0.2) is 5.75 Å². The summed E-state index contributed by atoms with van der Waals surface area (Å²) in [6.07, 6.45) is 0. The molecule has 0 heterocycles. The maximum Gasteiger partial charge on any atom is 0.259 e. The van der Waals surface area contributed by atoms with Gasteiger partial charge in [-0.1, -0.05) is 35.9 Å². The van der Waals surface area contributed by atoms with Gasteiger partial charge in [0, 0.05) is 0 Å². The topological polar surface area (TPSA) is 67.8 Å². The van der Waals surface area contributed by atoms with E-state index in [2.05, 4.69) is 5.32 Å². The second-order valence-corrected chi connectivity index (χ2v) is 5.71. The maximum atomic E-state index is 12.6. The highest BCUT2D eigenvalue weighted by molar-refractivity contribution is 6.34. The smallest absolute Gasteiger partial charge is 0.259 e. The first-order chi connectivity index (χ1) is 12.0. The van der Waals surface area contributed by atoms with Crippen LogP contribution in [0.2, 0.25) is 5.02 Å². The Morgan fingerprint density at radius 2 is 1.72 bits per heavy atom. The van der Waals surface area contributed by atoms with Crippen LogP contribution in [-0.4, -0.2) is 25.2 Å². The number of aromatic hydroxyl groups is 1. The van der Waals surface area contributed by atoms with E-state index in [9.17, 15) is 9.90 Å². The molecule has 3 aromatic rings. The van der Waals surface area contributed by atoms with E-state index in [-0.39, 0.29) is 22.1 Å². The summed E-state index contributed by atoms with van der Waals surface area (Å²) in [5.74, 6) is 0.150. The summed E-state index contributed by atoms with van der Waals surface area (Å²) in [4.78, 5) is 12.6. The van der Waals surface area contributed by atoms with E-state index in [1.165, 1.54) is 14.2 Å². The first-order valence-corrected chi connectivity index (χ1v) is 7.86. The fourth-order valence-corrected chi connectivity index (χ4v) is 2.91. The molecule has 0 atom stereocenters. The van der Waals surface area contributed by atoms with Crippen LogP contribution >= 0.6 is 11.6 Å². The van der Waals surface area contributed by atoms with Crippen LogP contribution in [0, 0.1) is 0 Å². The lowest BCUT2D eigenvalue weighted by Gasteiger charge is -2.14. The summed E-state index contributed by atoms with van der Waals surface area (Å²) in [6.45, 7) is 0. The molecule has 0 aliphatic carbocycles. The maximum absolute atomic E-state index is 12.6. The SMILES string of the molecule is COc1ccc(NC(=O)c2cc3ccccc3cc2O)c(OC)c1Cl. The Kier molecular flexibility index (Phi) is 4.67. The number of phenols is 1. The quantitative estimate of drug-likeness (QED) is 0.723. The Labute approximate surface area is 149 Å². The monoisotopic (exact) mass is 357 g/mol. The van der Waals surface area contributed by atoms with Crippen LogP contribution in [0.4, 0.5) is 5.69 Å². The predicted molar refractivity (Wildman–Crippen MR) is 98.1 cm³/mol. The molecular weight excluding hydrogens is 342 g/mol. The van der Waals surface area contributed by atoms with Gasteiger partial charge in [-0.2, -0.15) is 0 Å². The van der Waals surface area contributed by atoms with Crippen molar-refractivity contribution in [2.24, 2.45) is 0 Å². The van der Waals surface area contributed by atoms with Crippen LogP contribution < -0.4 is 14.8 Å². The van der Waals surface area contributed by atoms with Crippen LogP contribution in [0.1, 0.15) is 10.4 Å². The molecule has 0 aliphatic rings. The third-order valence-electron chi connectivity index (χ3n) is 3.84. The average molecular weight is 358 g/mol. The number of carbonyl (C=O) groups is 1. The number of nitrogens with one attached hydrogen (secondary N) is 1. The molecule has 2 N–H and O–H groups in total. The number of phenolic OH excluding ortho intramolecular Hbond substituents is 1. The summed E-state index contributed by atoms with van der Waals surface area (Å²) in [5.41, 5.74) is 0.540. The van der Waals surface area contributed by atoms with Crippen molar-refractivity contribution in [2.45, 2.75) is 0 Å². The molecule has 25 heavy (non-hydrogen) atoms. The van der Waals surface area contributed by atoms with Gasteiger partial charge in [0.05, 0.1) is 25.5 Å². The van der Waals surface area contributed by atoms with Crippen molar-refractivity contribution >= 4 is 34.0 Å². The van der Waals surface area contributed by atoms with Gasteiger partial charge in [-0.15, -0.1) is 0 Å². The van der Waals surface area contributed by atoms with Crippen molar-refractivity contribution in [3.63, 3.8) is 0 Å². The van der Waals surface area contributed by atoms with E-state index in [1.807, 2.05) is 24.3 Å². The van der Waals surface area contributed by atoms with Gasteiger partial charge in [0.1, 0.15) is 16.5 Å². The minimum atomic E-state index is -0.470. The van der Waals surface area contributed by atoms with Crippen LogP contribution in [0.5, 0.6) is 17.2 Å². The highest BCUT2D eigenvalue weighted by atomic mass is 35.5. The zero-order chi connectivity index (χ0) is 18.0. The molecule has 1 amide bonds. The van der Waals surface area contributed by atoms with E-state index in [4.69, 9.17) is 21.1 Å². The summed E-state index contributed by atoms with van der Waals surface area (Å²) >= 11 is 6.20. The molecule has 0 saturated heterocycles. The van der Waals surface area contributed by atoms with Gasteiger partial charge in [0.2, 0.25) is 0 Å². The van der Waals surface area contributed by atoms with Gasteiger partial charge >= 0.3 is 0 Å². The van der Waals surface area contributed by atoms with Crippen LogP contribution in [0.15, 0.2) is 48.5 Å². The lowest BCUT2D eigenvalue weighted by Crippen LogP contribution is -2.13. The molecular formula is C19H16ClNO4. The molecule has 0 bridgehead atoms. The molecule has 5 nitrogen and oxygen atoms in total. The second-order valence-electron chi connectivity index (χ2n) is 5.33. The Balaban J connectivity index is 1.98. The third kappa shape index (κ3) is 3.19. The lowest BCUT2D eigenvalue weighted by molar-refractivity contribution is 0.102. The number of fused-ring (bicyclic) bond motifs is 1. The van der Waals surface area contributed by atoms with Crippen molar-refractivity contribution in [1.29, 1.82) is 0 Å². The first kappa shape index (κ1) is 16.9. The molecule has 0 aliphatic heterocycles. The number of amides is 1. The summed E-state index contributed by atoms with van der Waals surface area (Å²) < 4.78 is 10.4. The molecule has 6 heteroatoms. The van der Waals surface area contributed by atoms with E-state index in [1.54, 1.807) is 24.3 Å². The first-order valence-electron chi connectivity index (χ1n) is 7.48. The van der Waals surface area contributed by atoms with Crippen LogP contribution in [0.3, 0.4) is 0 Å². The van der Waals surface area contributed by atoms with E-state index >= 15 is 0 Å². The van der Waals surface area contributed by atoms with Crippen molar-refractivity contribution < 1.29 is 19.4 Å². The largest absolute Gasteiger partial charge is 0.507 e. The number of carbonyl (C=O) groups excluding carboxylic acids is 1. The minimum absolute atomic E-state index is 0.102. The Bertz CT molecular complexity index is 956. The Hall–Kier alpha value is -2.92. The Morgan fingerprint density at radius 1 is 1.04 bits per heavy atom. The van der Waals surface area contributed by atoms with E-state index < -0.39 is 5.91 Å². The van der Waals surface area contributed by atoms with Gasteiger partial charge in [-0.05, 0) is 35.0 Å². The van der Waals surface area contributed by atoms with Gasteiger partial charge < -0.3 is 19.9 Å². The summed E-state index contributed by atoms with van der Waals surface area (Å²) in [6, 6.07) is 13.9. The fourth-order valence-electron chi connectivity index (χ4n) is 2.59. The molecule has 0 radical (unpaired) electrons. The highest BCUT2D eigenvalue weighted by Crippen LogP contribution is 2.40. The number of benzene rings is 3. The molecule has 0 saturated carbocycles. The molecule has 0 spiro atoms. The van der Waals surface area contributed by atoms with Crippen molar-refractivity contribution in [2.75, 3.05) is 19.5 Å². The highest BCUT2D eigenvalue weighted by Gasteiger charge is 2.18. The van der Waals surface area contributed by atoms with Gasteiger partial charge in [-0.25, -0.2) is 0 Å². The fraction of sp³-hybridized carbons (Fsp3) is 0.105. The lowest BCUT2D eigenvalue weighted by atomic mass is 10.1. The zero-order valence-corrected chi connectivity index (χ0v) is 14.4. The number of methoxy groups -OCH3 is 2. The molecule has 0 fully saturated rings. The summed E-state index contributed by atoms with van der Waals surface area (Å²) in [7, 11) is 2.94. The number of halogens is 1. The van der Waals surface area contributed by atoms with Crippen molar-refractivity contribution in [3.05, 3.63) is 59.1 Å². The number of ether oxygens (including phenoxy) is 2. The molecule has 0 unspecified atom stereocenters. The summed E-state index contributed by atoms with van der Waals surface area (Å²) in [5, 5.41) is 14.8. The molecule has 3 rings (SSSR count). The number of hydrogen-bond donors (Lipinski definition) is 2. The number of anilines is 1. The standard InChI is InChI=1S/C19H16ClNO4/c1-24-16-8-7-14(18(25-2)17(16)20)21-19(23)13-9-11-5-3-4-6-12(11)10-15(13)22/h3-10,22H,1-2H3,(H,21,23). The third-order valence-corrected chi connectivity index (χ3v) is 4.20. The number of rotatable bonds is 4. The van der Waals surface area contributed by atoms with E-state index in [0.29, 0.717) is 11.4 Å². The zero-order valence-electron chi connectivity index (χ0n) is 13.7.